The van der Waals surface area contributed by atoms with Crippen molar-refractivity contribution < 1.29 is 13.2 Å². The second-order valence-electron chi connectivity index (χ2n) is 7.16. The molecule has 3 aromatic rings. The van der Waals surface area contributed by atoms with Gasteiger partial charge in [-0.2, -0.15) is 0 Å². The van der Waals surface area contributed by atoms with Gasteiger partial charge in [-0.3, -0.25) is 4.79 Å². The predicted molar refractivity (Wildman–Crippen MR) is 106 cm³/mol. The van der Waals surface area contributed by atoms with Gasteiger partial charge in [-0.1, -0.05) is 24.3 Å². The van der Waals surface area contributed by atoms with Gasteiger partial charge in [-0.05, 0) is 48.6 Å². The van der Waals surface area contributed by atoms with Crippen LogP contribution in [-0.2, 0) is 9.84 Å². The highest BCUT2D eigenvalue weighted by Crippen LogP contribution is 2.33. The van der Waals surface area contributed by atoms with E-state index in [9.17, 15) is 13.2 Å². The van der Waals surface area contributed by atoms with Crippen molar-refractivity contribution in [3.8, 4) is 0 Å². The zero-order valence-electron chi connectivity index (χ0n) is 15.2. The van der Waals surface area contributed by atoms with Gasteiger partial charge in [0, 0.05) is 42.0 Å². The van der Waals surface area contributed by atoms with Crippen molar-refractivity contribution in [1.82, 2.24) is 9.88 Å². The van der Waals surface area contributed by atoms with Gasteiger partial charge in [0.25, 0.3) is 5.91 Å². The van der Waals surface area contributed by atoms with Crippen molar-refractivity contribution in [3.63, 3.8) is 0 Å². The number of benzene rings is 2. The summed E-state index contributed by atoms with van der Waals surface area (Å²) in [5, 5.41) is 1.25. The molecule has 5 nitrogen and oxygen atoms in total. The summed E-state index contributed by atoms with van der Waals surface area (Å²) in [7, 11) is -3.32. The minimum absolute atomic E-state index is 0.0992. The number of H-pyrrole nitrogens is 1. The molecule has 0 spiro atoms. The minimum Gasteiger partial charge on any atom is -0.361 e. The number of hydrogen-bond acceptors (Lipinski definition) is 3. The Morgan fingerprint density at radius 2 is 1.81 bits per heavy atom. The number of aromatic amines is 1. The minimum atomic E-state index is -3.32. The van der Waals surface area contributed by atoms with Crippen LogP contribution >= 0.6 is 0 Å². The summed E-state index contributed by atoms with van der Waals surface area (Å²) in [6, 6.07) is 14.6. The van der Waals surface area contributed by atoms with E-state index in [1.54, 1.807) is 12.1 Å². The lowest BCUT2D eigenvalue weighted by atomic mass is 9.89. The van der Waals surface area contributed by atoms with E-state index < -0.39 is 9.84 Å². The van der Waals surface area contributed by atoms with E-state index in [1.807, 2.05) is 17.0 Å². The van der Waals surface area contributed by atoms with Crippen LogP contribution in [0.3, 0.4) is 0 Å². The van der Waals surface area contributed by atoms with Gasteiger partial charge in [0.15, 0.2) is 9.84 Å². The van der Waals surface area contributed by atoms with E-state index >= 15 is 0 Å². The average Bonchev–Trinajstić information content (AvgIpc) is 3.11. The van der Waals surface area contributed by atoms with Crippen LogP contribution in [-0.4, -0.2) is 43.6 Å². The molecule has 6 heteroatoms. The van der Waals surface area contributed by atoms with Crippen molar-refractivity contribution in [3.05, 3.63) is 65.9 Å². The number of carbonyl (C=O) groups is 1. The normalized spacial score (nSPS) is 16.0. The van der Waals surface area contributed by atoms with Crippen molar-refractivity contribution in [2.24, 2.45) is 0 Å². The number of hydrogen-bond donors (Lipinski definition) is 1. The number of amides is 1. The topological polar surface area (TPSA) is 70.2 Å². The molecule has 140 valence electrons. The number of piperidine rings is 1. The van der Waals surface area contributed by atoms with Crippen molar-refractivity contribution in [1.29, 1.82) is 0 Å². The van der Waals surface area contributed by atoms with Crippen molar-refractivity contribution in [2.75, 3.05) is 19.3 Å². The molecule has 2 heterocycles. The SMILES string of the molecule is CS(=O)(=O)c1cccc(C(=O)N2CCC(c3c[nH]c4ccccc34)CC2)c1. The fourth-order valence-corrected chi connectivity index (χ4v) is 4.53. The van der Waals surface area contributed by atoms with Crippen LogP contribution in [0.25, 0.3) is 10.9 Å². The number of rotatable bonds is 3. The molecule has 1 fully saturated rings. The smallest absolute Gasteiger partial charge is 0.253 e. The van der Waals surface area contributed by atoms with Crippen LogP contribution in [0, 0.1) is 0 Å². The van der Waals surface area contributed by atoms with Crippen molar-refractivity contribution >= 4 is 26.6 Å². The standard InChI is InChI=1S/C21H22N2O3S/c1-27(25,26)17-6-4-5-16(13-17)21(24)23-11-9-15(10-12-23)19-14-22-20-8-3-2-7-18(19)20/h2-8,13-15,22H,9-12H2,1H3. The molecule has 1 aliphatic rings. The molecule has 4 rings (SSSR count). The van der Waals surface area contributed by atoms with Gasteiger partial charge in [-0.15, -0.1) is 0 Å². The summed E-state index contributed by atoms with van der Waals surface area (Å²) < 4.78 is 23.5. The summed E-state index contributed by atoms with van der Waals surface area (Å²) in [6.07, 6.45) is 5.05. The molecule has 0 saturated carbocycles. The molecule has 0 bridgehead atoms. The van der Waals surface area contributed by atoms with E-state index in [-0.39, 0.29) is 10.8 Å². The Balaban J connectivity index is 1.49. The summed E-state index contributed by atoms with van der Waals surface area (Å²) in [6.45, 7) is 1.35. The van der Waals surface area contributed by atoms with Crippen LogP contribution in [0.15, 0.2) is 59.6 Å². The average molecular weight is 382 g/mol. The maximum absolute atomic E-state index is 12.8. The van der Waals surface area contributed by atoms with Gasteiger partial charge >= 0.3 is 0 Å². The fraction of sp³-hybridized carbons (Fsp3) is 0.286. The molecule has 1 saturated heterocycles. The number of aromatic nitrogens is 1. The number of nitrogens with one attached hydrogen (secondary N) is 1. The summed E-state index contributed by atoms with van der Waals surface area (Å²) in [5.74, 6) is 0.324. The molecule has 0 aliphatic carbocycles. The first-order chi connectivity index (χ1) is 12.9. The first kappa shape index (κ1) is 17.8. The van der Waals surface area contributed by atoms with Gasteiger partial charge in [0.05, 0.1) is 4.90 Å². The van der Waals surface area contributed by atoms with Crippen molar-refractivity contribution in [2.45, 2.75) is 23.7 Å². The third-order valence-electron chi connectivity index (χ3n) is 5.35. The molecule has 0 radical (unpaired) electrons. The summed E-state index contributed by atoms with van der Waals surface area (Å²) in [4.78, 5) is 18.1. The molecule has 1 aliphatic heterocycles. The first-order valence-corrected chi connectivity index (χ1v) is 11.0. The quantitative estimate of drug-likeness (QED) is 0.752. The lowest BCUT2D eigenvalue weighted by molar-refractivity contribution is 0.0713. The monoisotopic (exact) mass is 382 g/mol. The van der Waals surface area contributed by atoms with Gasteiger partial charge in [0.1, 0.15) is 0 Å². The molecule has 0 unspecified atom stereocenters. The van der Waals surface area contributed by atoms with Crippen LogP contribution < -0.4 is 0 Å². The highest BCUT2D eigenvalue weighted by molar-refractivity contribution is 7.90. The van der Waals surface area contributed by atoms with E-state index in [0.717, 1.165) is 24.6 Å². The van der Waals surface area contributed by atoms with E-state index in [1.165, 1.54) is 23.1 Å². The lowest BCUT2D eigenvalue weighted by Gasteiger charge is -2.32. The number of para-hydroxylation sites is 1. The van der Waals surface area contributed by atoms with Crippen LogP contribution in [0.1, 0.15) is 34.7 Å². The maximum Gasteiger partial charge on any atom is 0.253 e. The fourth-order valence-electron chi connectivity index (χ4n) is 3.87. The number of nitrogens with zero attached hydrogens (tertiary/aromatic N) is 1. The molecule has 27 heavy (non-hydrogen) atoms. The summed E-state index contributed by atoms with van der Waals surface area (Å²) >= 11 is 0. The van der Waals surface area contributed by atoms with Crippen LogP contribution in [0.5, 0.6) is 0 Å². The number of carbonyl (C=O) groups excluding carboxylic acids is 1. The van der Waals surface area contributed by atoms with Gasteiger partial charge in [-0.25, -0.2) is 8.42 Å². The Kier molecular flexibility index (Phi) is 4.52. The largest absolute Gasteiger partial charge is 0.361 e. The Bertz CT molecular complexity index is 1090. The maximum atomic E-state index is 12.8. The zero-order valence-corrected chi connectivity index (χ0v) is 16.0. The van der Waals surface area contributed by atoms with E-state index in [0.29, 0.717) is 24.6 Å². The molecule has 1 amide bonds. The van der Waals surface area contributed by atoms with Gasteiger partial charge < -0.3 is 9.88 Å². The highest BCUT2D eigenvalue weighted by atomic mass is 32.2. The van der Waals surface area contributed by atoms with E-state index in [2.05, 4.69) is 23.3 Å². The molecular weight excluding hydrogens is 360 g/mol. The number of sulfone groups is 1. The Morgan fingerprint density at radius 3 is 2.56 bits per heavy atom. The third-order valence-corrected chi connectivity index (χ3v) is 6.46. The number of fused-ring (bicyclic) bond motifs is 1. The first-order valence-electron chi connectivity index (χ1n) is 9.09. The van der Waals surface area contributed by atoms with Crippen LogP contribution in [0.4, 0.5) is 0 Å². The number of likely N-dealkylation sites (tertiary alicyclic amines) is 1. The highest BCUT2D eigenvalue weighted by Gasteiger charge is 2.26. The second kappa shape index (κ2) is 6.85. The predicted octanol–water partition coefficient (Wildman–Crippen LogP) is 3.59. The lowest BCUT2D eigenvalue weighted by Crippen LogP contribution is -2.37. The Morgan fingerprint density at radius 1 is 1.07 bits per heavy atom. The zero-order chi connectivity index (χ0) is 19.0. The summed E-state index contributed by atoms with van der Waals surface area (Å²) in [5.41, 5.74) is 2.89. The Labute approximate surface area is 158 Å². The van der Waals surface area contributed by atoms with E-state index in [4.69, 9.17) is 0 Å². The molecular formula is C21H22N2O3S. The Hall–Kier alpha value is -2.60. The second-order valence-corrected chi connectivity index (χ2v) is 9.17. The third kappa shape index (κ3) is 3.49. The van der Waals surface area contributed by atoms with Gasteiger partial charge in [0.2, 0.25) is 0 Å². The van der Waals surface area contributed by atoms with Crippen LogP contribution in [0.2, 0.25) is 0 Å². The molecule has 2 aromatic carbocycles. The molecule has 1 aromatic heterocycles. The molecule has 0 atom stereocenters. The molecule has 1 N–H and O–H groups in total.